The minimum absolute atomic E-state index is 0.0725. The number of pyridine rings is 1. The average molecular weight is 905 g/mol. The molecule has 342 valence electrons. The second-order valence-electron chi connectivity index (χ2n) is 18.2. The molecule has 6 heterocycles. The van der Waals surface area contributed by atoms with Crippen molar-refractivity contribution in [3.05, 3.63) is 81.1 Å². The van der Waals surface area contributed by atoms with Crippen LogP contribution in [0.3, 0.4) is 0 Å². The normalized spacial score (nSPS) is 22.2. The number of nitrogens with zero attached hydrogens (tertiary/aromatic N) is 6. The molecule has 2 aromatic heterocycles. The number of nitrogens with one attached hydrogen (secondary N) is 2. The molecule has 1 aliphatic carbocycles. The number of methoxy groups -OCH3 is 2. The Bertz CT molecular complexity index is 2660. The molecule has 65 heavy (non-hydrogen) atoms. The van der Waals surface area contributed by atoms with Crippen LogP contribution in [0.5, 0.6) is 11.5 Å². The third-order valence-corrected chi connectivity index (χ3v) is 15.1. The van der Waals surface area contributed by atoms with E-state index in [2.05, 4.69) is 27.0 Å². The maximum Gasteiger partial charge on any atom is 0.261 e. The smallest absolute Gasteiger partial charge is 0.261 e. The molecule has 2 aromatic carbocycles. The van der Waals surface area contributed by atoms with Gasteiger partial charge in [-0.25, -0.2) is 0 Å². The first-order valence-electron chi connectivity index (χ1n) is 22.3. The number of fused-ring (bicyclic) bond motifs is 3. The molecule has 9 rings (SSSR count). The van der Waals surface area contributed by atoms with Crippen molar-refractivity contribution in [2.75, 3.05) is 79.0 Å². The number of piperazine rings is 1. The molecular weight excluding hydrogens is 849 g/mol. The summed E-state index contributed by atoms with van der Waals surface area (Å²) in [6, 6.07) is 10.5. The van der Waals surface area contributed by atoms with Crippen LogP contribution in [0.4, 0.5) is 5.69 Å². The molecule has 2 N–H and O–H groups in total. The zero-order valence-corrected chi connectivity index (χ0v) is 38.4. The number of carbonyl (C=O) groups excluding carboxylic acids is 5. The molecule has 4 atom stereocenters. The van der Waals surface area contributed by atoms with Gasteiger partial charge in [0.15, 0.2) is 0 Å². The van der Waals surface area contributed by atoms with Gasteiger partial charge in [-0.2, -0.15) is 0 Å². The number of aromatic nitrogens is 1. The fraction of sp³-hybridized carbons (Fsp3) is 0.458. The van der Waals surface area contributed by atoms with Crippen molar-refractivity contribution < 1.29 is 33.4 Å². The van der Waals surface area contributed by atoms with Crippen LogP contribution in [0, 0.1) is 11.8 Å². The van der Waals surface area contributed by atoms with E-state index in [1.54, 1.807) is 38.1 Å². The molecule has 4 aromatic rings. The molecule has 16 nitrogen and oxygen atoms in total. The fourth-order valence-electron chi connectivity index (χ4n) is 10.5. The topological polar surface area (TPSA) is 166 Å². The molecule has 0 spiro atoms. The predicted octanol–water partition coefficient (Wildman–Crippen LogP) is 3.76. The van der Waals surface area contributed by atoms with E-state index in [0.29, 0.717) is 77.1 Å². The first-order valence-corrected chi connectivity index (χ1v) is 23.1. The number of piperidine rings is 1. The molecule has 0 radical (unpaired) electrons. The lowest BCUT2D eigenvalue weighted by Gasteiger charge is -2.36. The monoisotopic (exact) mass is 904 g/mol. The van der Waals surface area contributed by atoms with Crippen molar-refractivity contribution in [3.8, 4) is 22.6 Å². The van der Waals surface area contributed by atoms with Gasteiger partial charge in [-0.05, 0) is 75.2 Å². The van der Waals surface area contributed by atoms with E-state index < -0.39 is 11.9 Å². The Morgan fingerprint density at radius 1 is 0.923 bits per heavy atom. The van der Waals surface area contributed by atoms with Gasteiger partial charge in [0.1, 0.15) is 17.5 Å². The van der Waals surface area contributed by atoms with Gasteiger partial charge in [0.2, 0.25) is 17.7 Å². The molecule has 4 fully saturated rings. The van der Waals surface area contributed by atoms with Crippen molar-refractivity contribution in [1.29, 1.82) is 0 Å². The predicted molar refractivity (Wildman–Crippen MR) is 248 cm³/mol. The lowest BCUT2D eigenvalue weighted by molar-refractivity contribution is -0.136. The number of anilines is 1. The van der Waals surface area contributed by atoms with Gasteiger partial charge >= 0.3 is 0 Å². The highest BCUT2D eigenvalue weighted by Crippen LogP contribution is 2.42. The Morgan fingerprint density at radius 2 is 1.66 bits per heavy atom. The highest BCUT2D eigenvalue weighted by molar-refractivity contribution is 7.21. The summed E-state index contributed by atoms with van der Waals surface area (Å²) >= 11 is 1.31. The molecule has 1 saturated carbocycles. The fourth-order valence-corrected chi connectivity index (χ4v) is 11.6. The Hall–Kier alpha value is -6.04. The van der Waals surface area contributed by atoms with Gasteiger partial charge in [-0.1, -0.05) is 12.6 Å². The van der Waals surface area contributed by atoms with Crippen LogP contribution in [0.2, 0.25) is 0 Å². The molecule has 4 unspecified atom stereocenters. The largest absolute Gasteiger partial charge is 0.496 e. The van der Waals surface area contributed by atoms with Crippen molar-refractivity contribution in [2.24, 2.45) is 18.9 Å². The summed E-state index contributed by atoms with van der Waals surface area (Å²) in [6.45, 7) is 9.67. The molecule has 17 heteroatoms. The second-order valence-corrected chi connectivity index (χ2v) is 19.2. The standard InChI is InChI=1S/C48H56N8O8S/c1-27-31-9-8-30(21-32(31)48(62)56(27)38-11-12-42(57)50-45(38)59)54-17-15-53(16-18-54)14-13-43(58)55-23-28-7-10-37(34(28)26-55)49-46(60)41-22-33-44(65-41)35(25-52(4)47(33)61)29-19-39(63-5)36(24-51(2)3)40(20-29)64-6/h8-9,19-22,25,28,34,37-38H,1,7,10-18,23-24,26H2,2-6H3,(H,49,60)(H,50,57,59). The number of rotatable bonds is 12. The lowest BCUT2D eigenvalue weighted by atomic mass is 9.98. The maximum absolute atomic E-state index is 13.9. The van der Waals surface area contributed by atoms with Crippen LogP contribution in [0.15, 0.2) is 54.0 Å². The van der Waals surface area contributed by atoms with E-state index in [1.165, 1.54) is 16.2 Å². The van der Waals surface area contributed by atoms with E-state index in [1.807, 2.05) is 54.2 Å². The SMILES string of the molecule is C=C1c2ccc(N3CCN(CCC(=O)N4CC5CCC(NC(=O)c6cc7c(=O)n(C)cc(-c8cc(OC)c(CN(C)C)c(OC)c8)c7s6)C5C4)CC3)cc2C(=O)N1C1CCC(=O)NC1=O. The van der Waals surface area contributed by atoms with Gasteiger partial charge < -0.3 is 34.1 Å². The minimum Gasteiger partial charge on any atom is -0.496 e. The van der Waals surface area contributed by atoms with Crippen LogP contribution in [0.1, 0.15) is 63.3 Å². The van der Waals surface area contributed by atoms with Gasteiger partial charge in [0.05, 0.1) is 35.6 Å². The number of hydrogen-bond acceptors (Lipinski definition) is 12. The number of likely N-dealkylation sites (tertiary alicyclic amines) is 1. The number of amides is 5. The lowest BCUT2D eigenvalue weighted by Crippen LogP contribution is -2.52. The summed E-state index contributed by atoms with van der Waals surface area (Å²) in [7, 11) is 8.93. The Morgan fingerprint density at radius 3 is 2.35 bits per heavy atom. The zero-order valence-electron chi connectivity index (χ0n) is 37.6. The third kappa shape index (κ3) is 8.29. The third-order valence-electron chi connectivity index (χ3n) is 13.9. The number of aryl methyl sites for hydroxylation is 1. The Kier molecular flexibility index (Phi) is 12.1. The Labute approximate surface area is 381 Å². The number of imide groups is 1. The van der Waals surface area contributed by atoms with Crippen molar-refractivity contribution >= 4 is 62.3 Å². The van der Waals surface area contributed by atoms with E-state index >= 15 is 0 Å². The van der Waals surface area contributed by atoms with E-state index in [9.17, 15) is 28.8 Å². The molecule has 3 saturated heterocycles. The highest BCUT2D eigenvalue weighted by atomic mass is 32.1. The number of carbonyl (C=O) groups is 5. The van der Waals surface area contributed by atoms with Crippen LogP contribution in [-0.4, -0.2) is 140 Å². The van der Waals surface area contributed by atoms with Gasteiger partial charge in [0, 0.05) is 118 Å². The summed E-state index contributed by atoms with van der Waals surface area (Å²) in [6.07, 6.45) is 4.43. The number of hydrogen-bond donors (Lipinski definition) is 2. The number of ether oxygens (including phenoxy) is 2. The van der Waals surface area contributed by atoms with E-state index in [-0.39, 0.29) is 54.0 Å². The summed E-state index contributed by atoms with van der Waals surface area (Å²) in [5.41, 5.74) is 4.94. The number of benzene rings is 2. The van der Waals surface area contributed by atoms with Gasteiger partial charge in [-0.15, -0.1) is 11.3 Å². The maximum atomic E-state index is 13.9. The molecular formula is C48H56N8O8S. The Balaban J connectivity index is 0.791. The van der Waals surface area contributed by atoms with Crippen LogP contribution < -0.4 is 30.6 Å². The van der Waals surface area contributed by atoms with Crippen molar-refractivity contribution in [3.63, 3.8) is 0 Å². The summed E-state index contributed by atoms with van der Waals surface area (Å²) in [5, 5.41) is 6.11. The molecule has 5 amide bonds. The second kappa shape index (κ2) is 17.7. The van der Waals surface area contributed by atoms with Gasteiger partial charge in [-0.3, -0.25) is 43.9 Å². The van der Waals surface area contributed by atoms with Crippen molar-refractivity contribution in [2.45, 2.75) is 50.7 Å². The zero-order chi connectivity index (χ0) is 45.8. The average Bonchev–Trinajstić information content (AvgIpc) is 4.08. The molecule has 5 aliphatic rings. The first kappa shape index (κ1) is 44.2. The number of thiophene rings is 1. The summed E-state index contributed by atoms with van der Waals surface area (Å²) in [4.78, 5) is 89.2. The van der Waals surface area contributed by atoms with Crippen LogP contribution in [-0.2, 0) is 28.0 Å². The minimum atomic E-state index is -0.760. The van der Waals surface area contributed by atoms with E-state index in [0.717, 1.165) is 66.1 Å². The summed E-state index contributed by atoms with van der Waals surface area (Å²) < 4.78 is 13.9. The molecule has 4 aliphatic heterocycles. The highest BCUT2D eigenvalue weighted by Gasteiger charge is 2.45. The van der Waals surface area contributed by atoms with Gasteiger partial charge in [0.25, 0.3) is 17.4 Å². The van der Waals surface area contributed by atoms with Crippen molar-refractivity contribution in [1.82, 2.24) is 34.8 Å². The molecule has 0 bridgehead atoms. The van der Waals surface area contributed by atoms with E-state index in [4.69, 9.17) is 9.47 Å². The van der Waals surface area contributed by atoms with Crippen LogP contribution in [0.25, 0.3) is 26.9 Å². The summed E-state index contributed by atoms with van der Waals surface area (Å²) in [5.74, 6) is 0.657. The van der Waals surface area contributed by atoms with Crippen LogP contribution >= 0.6 is 11.3 Å². The quantitative estimate of drug-likeness (QED) is 0.199. The first-order chi connectivity index (χ1) is 31.2.